The van der Waals surface area contributed by atoms with Gasteiger partial charge in [-0.3, -0.25) is 4.79 Å². The van der Waals surface area contributed by atoms with E-state index in [-0.39, 0.29) is 5.41 Å². The summed E-state index contributed by atoms with van der Waals surface area (Å²) in [6.45, 7) is 2.17. The van der Waals surface area contributed by atoms with Crippen molar-refractivity contribution in [1.82, 2.24) is 4.90 Å². The molecule has 4 bridgehead atoms. The van der Waals surface area contributed by atoms with Gasteiger partial charge in [0.15, 0.2) is 0 Å². The molecule has 0 aromatic heterocycles. The van der Waals surface area contributed by atoms with Crippen molar-refractivity contribution in [3.8, 4) is 0 Å². The van der Waals surface area contributed by atoms with Crippen molar-refractivity contribution in [3.63, 3.8) is 0 Å². The maximum Gasteiger partial charge on any atom is 0.222 e. The van der Waals surface area contributed by atoms with Crippen LogP contribution in [0.5, 0.6) is 0 Å². The van der Waals surface area contributed by atoms with Crippen LogP contribution in [-0.2, 0) is 10.2 Å². The molecule has 1 aromatic carbocycles. The first-order chi connectivity index (χ1) is 10.9. The Hall–Kier alpha value is -1.31. The van der Waals surface area contributed by atoms with Gasteiger partial charge in [0, 0.05) is 20.5 Å². The first kappa shape index (κ1) is 15.2. The van der Waals surface area contributed by atoms with Crippen molar-refractivity contribution >= 4 is 5.91 Å². The van der Waals surface area contributed by atoms with E-state index in [0.717, 1.165) is 18.3 Å². The number of benzene rings is 1. The van der Waals surface area contributed by atoms with Crippen LogP contribution in [0.4, 0.5) is 0 Å². The standard InChI is InChI=1S/C21H29NO/c1-15-4-6-18(7-5-15)21-11-16-8-17(12-21)10-20(9-16,14-21)13-19(23)22(2)3/h4-7,16-17H,8-14H2,1-3H3/t16-,17-,20?,21?/m1/s1. The summed E-state index contributed by atoms with van der Waals surface area (Å²) in [6.07, 6.45) is 8.68. The summed E-state index contributed by atoms with van der Waals surface area (Å²) < 4.78 is 0. The van der Waals surface area contributed by atoms with Crippen LogP contribution < -0.4 is 0 Å². The lowest BCUT2D eigenvalue weighted by atomic mass is 9.42. The molecule has 0 radical (unpaired) electrons. The summed E-state index contributed by atoms with van der Waals surface area (Å²) in [4.78, 5) is 14.2. The van der Waals surface area contributed by atoms with Crippen LogP contribution in [0, 0.1) is 24.2 Å². The molecule has 0 heterocycles. The van der Waals surface area contributed by atoms with Crippen molar-refractivity contribution in [2.75, 3.05) is 14.1 Å². The Morgan fingerprint density at radius 2 is 1.70 bits per heavy atom. The molecule has 1 aromatic rings. The minimum Gasteiger partial charge on any atom is -0.349 e. The average molecular weight is 311 g/mol. The highest BCUT2D eigenvalue weighted by molar-refractivity contribution is 5.76. The maximum atomic E-state index is 12.4. The Bertz CT molecular complexity index is 601. The maximum absolute atomic E-state index is 12.4. The SMILES string of the molecule is Cc1ccc(C23C[C@@H]4C[C@H](CC(CC(=O)N(C)C)(C4)C2)C3)cc1. The predicted octanol–water partition coefficient (Wildman–Crippen LogP) is 4.31. The minimum absolute atomic E-state index is 0.274. The third kappa shape index (κ3) is 2.51. The van der Waals surface area contributed by atoms with E-state index in [1.54, 1.807) is 10.5 Å². The Labute approximate surface area is 140 Å². The van der Waals surface area contributed by atoms with Gasteiger partial charge in [-0.25, -0.2) is 0 Å². The second-order valence-electron chi connectivity index (χ2n) is 9.07. The van der Waals surface area contributed by atoms with Crippen molar-refractivity contribution < 1.29 is 4.79 Å². The summed E-state index contributed by atoms with van der Waals surface area (Å²) in [7, 11) is 3.80. The van der Waals surface area contributed by atoms with E-state index < -0.39 is 0 Å². The molecule has 0 saturated heterocycles. The first-order valence-corrected chi connectivity index (χ1v) is 9.17. The van der Waals surface area contributed by atoms with E-state index in [1.807, 2.05) is 14.1 Å². The first-order valence-electron chi connectivity index (χ1n) is 9.17. The fourth-order valence-corrected chi connectivity index (χ4v) is 6.38. The number of rotatable bonds is 3. The highest BCUT2D eigenvalue weighted by atomic mass is 16.2. The third-order valence-electron chi connectivity index (χ3n) is 6.87. The smallest absolute Gasteiger partial charge is 0.222 e. The van der Waals surface area contributed by atoms with Gasteiger partial charge in [0.25, 0.3) is 0 Å². The number of carbonyl (C=O) groups is 1. The monoisotopic (exact) mass is 311 g/mol. The van der Waals surface area contributed by atoms with E-state index in [4.69, 9.17) is 0 Å². The van der Waals surface area contributed by atoms with Gasteiger partial charge in [-0.05, 0) is 73.7 Å². The molecule has 124 valence electrons. The number of aryl methyl sites for hydroxylation is 1. The molecular weight excluding hydrogens is 282 g/mol. The lowest BCUT2D eigenvalue weighted by molar-refractivity contribution is -0.138. The molecular formula is C21H29NO. The molecule has 2 atom stereocenters. The summed E-state index contributed by atoms with van der Waals surface area (Å²) in [5, 5.41) is 0. The van der Waals surface area contributed by atoms with E-state index >= 15 is 0 Å². The van der Waals surface area contributed by atoms with Gasteiger partial charge >= 0.3 is 0 Å². The fourth-order valence-electron chi connectivity index (χ4n) is 6.38. The van der Waals surface area contributed by atoms with E-state index in [9.17, 15) is 4.79 Å². The molecule has 4 fully saturated rings. The van der Waals surface area contributed by atoms with Gasteiger partial charge in [-0.1, -0.05) is 29.8 Å². The summed E-state index contributed by atoms with van der Waals surface area (Å²) >= 11 is 0. The fraction of sp³-hybridized carbons (Fsp3) is 0.667. The zero-order chi connectivity index (χ0) is 16.2. The van der Waals surface area contributed by atoms with Crippen molar-refractivity contribution in [3.05, 3.63) is 35.4 Å². The highest BCUT2D eigenvalue weighted by Crippen LogP contribution is 2.66. The van der Waals surface area contributed by atoms with Gasteiger partial charge in [0.2, 0.25) is 5.91 Å². The van der Waals surface area contributed by atoms with Crippen LogP contribution in [0.1, 0.15) is 56.1 Å². The molecule has 4 aliphatic rings. The lowest BCUT2D eigenvalue weighted by Crippen LogP contribution is -2.55. The third-order valence-corrected chi connectivity index (χ3v) is 6.87. The molecule has 4 aliphatic carbocycles. The van der Waals surface area contributed by atoms with Crippen molar-refractivity contribution in [2.24, 2.45) is 17.3 Å². The topological polar surface area (TPSA) is 20.3 Å². The average Bonchev–Trinajstić information content (AvgIpc) is 2.45. The molecule has 0 unspecified atom stereocenters. The van der Waals surface area contributed by atoms with Crippen LogP contribution in [0.15, 0.2) is 24.3 Å². The number of carbonyl (C=O) groups excluding carboxylic acids is 1. The largest absolute Gasteiger partial charge is 0.349 e. The van der Waals surface area contributed by atoms with Gasteiger partial charge < -0.3 is 4.90 Å². The molecule has 23 heavy (non-hydrogen) atoms. The Morgan fingerprint density at radius 3 is 2.26 bits per heavy atom. The van der Waals surface area contributed by atoms with E-state index in [2.05, 4.69) is 31.2 Å². The second kappa shape index (κ2) is 5.09. The normalized spacial score (nSPS) is 37.9. The van der Waals surface area contributed by atoms with Crippen LogP contribution in [0.25, 0.3) is 0 Å². The molecule has 0 aliphatic heterocycles. The molecule has 0 N–H and O–H groups in total. The van der Waals surface area contributed by atoms with E-state index in [1.165, 1.54) is 44.1 Å². The van der Waals surface area contributed by atoms with Gasteiger partial charge in [0.1, 0.15) is 0 Å². The summed E-state index contributed by atoms with van der Waals surface area (Å²) in [5.41, 5.74) is 3.51. The van der Waals surface area contributed by atoms with Crippen LogP contribution in [-0.4, -0.2) is 24.9 Å². The van der Waals surface area contributed by atoms with Crippen LogP contribution in [0.2, 0.25) is 0 Å². The zero-order valence-electron chi connectivity index (χ0n) is 14.8. The summed E-state index contributed by atoms with van der Waals surface area (Å²) in [5.74, 6) is 2.01. The van der Waals surface area contributed by atoms with Gasteiger partial charge in [-0.2, -0.15) is 0 Å². The quantitative estimate of drug-likeness (QED) is 0.814. The van der Waals surface area contributed by atoms with Crippen molar-refractivity contribution in [1.29, 1.82) is 0 Å². The minimum atomic E-state index is 0.274. The molecule has 4 saturated carbocycles. The second-order valence-corrected chi connectivity index (χ2v) is 9.07. The molecule has 2 heteroatoms. The molecule has 0 spiro atoms. The van der Waals surface area contributed by atoms with Gasteiger partial charge in [0.05, 0.1) is 0 Å². The molecule has 5 rings (SSSR count). The number of hydrogen-bond acceptors (Lipinski definition) is 1. The Morgan fingerprint density at radius 1 is 1.09 bits per heavy atom. The van der Waals surface area contributed by atoms with Crippen molar-refractivity contribution in [2.45, 2.75) is 57.3 Å². The zero-order valence-corrected chi connectivity index (χ0v) is 14.8. The Balaban J connectivity index is 1.68. The molecule has 2 nitrogen and oxygen atoms in total. The predicted molar refractivity (Wildman–Crippen MR) is 93.3 cm³/mol. The van der Waals surface area contributed by atoms with E-state index in [0.29, 0.717) is 11.3 Å². The number of amides is 1. The van der Waals surface area contributed by atoms with Crippen LogP contribution >= 0.6 is 0 Å². The van der Waals surface area contributed by atoms with Gasteiger partial charge in [-0.15, -0.1) is 0 Å². The van der Waals surface area contributed by atoms with Crippen LogP contribution in [0.3, 0.4) is 0 Å². The highest BCUT2D eigenvalue weighted by Gasteiger charge is 2.58. The molecule has 1 amide bonds. The summed E-state index contributed by atoms with van der Waals surface area (Å²) in [6, 6.07) is 9.27. The lowest BCUT2D eigenvalue weighted by Gasteiger charge is -2.62. The number of hydrogen-bond donors (Lipinski definition) is 0. The Kier molecular flexibility index (Phi) is 3.37. The number of nitrogens with zero attached hydrogens (tertiary/aromatic N) is 1.